The van der Waals surface area contributed by atoms with Crippen LogP contribution in [-0.2, 0) is 16.0 Å². The molecule has 1 aromatic rings. The summed E-state index contributed by atoms with van der Waals surface area (Å²) in [5.74, 6) is 1.18. The largest absolute Gasteiger partial charge is 0.384 e. The highest BCUT2D eigenvalue weighted by Crippen LogP contribution is 2.32. The third-order valence-corrected chi connectivity index (χ3v) is 6.08. The summed E-state index contributed by atoms with van der Waals surface area (Å²) >= 11 is 1.47. The standard InChI is InChI=1S/C17H29N5O2S.2ClH/c1-3-14-19-16(25-20-14)22-10-4-9-21(11-12-22)15(23)17(13-24-2)5-7-18-8-6-17;;/h18H,3-13H2,1-2H3;2*1H. The second kappa shape index (κ2) is 11.4. The number of hydrogen-bond acceptors (Lipinski definition) is 7. The molecular weight excluding hydrogens is 409 g/mol. The van der Waals surface area contributed by atoms with Crippen molar-refractivity contribution in [2.45, 2.75) is 32.6 Å². The predicted molar refractivity (Wildman–Crippen MR) is 114 cm³/mol. The highest BCUT2D eigenvalue weighted by Gasteiger charge is 2.42. The highest BCUT2D eigenvalue weighted by molar-refractivity contribution is 7.09. The first-order valence-electron chi connectivity index (χ1n) is 9.25. The van der Waals surface area contributed by atoms with Gasteiger partial charge in [0.25, 0.3) is 0 Å². The van der Waals surface area contributed by atoms with Gasteiger partial charge in [-0.25, -0.2) is 4.98 Å². The summed E-state index contributed by atoms with van der Waals surface area (Å²) in [6.07, 6.45) is 3.54. The minimum Gasteiger partial charge on any atom is -0.384 e. The van der Waals surface area contributed by atoms with Crippen LogP contribution in [0.3, 0.4) is 0 Å². The molecule has 2 aliphatic heterocycles. The Hall–Kier alpha value is -0.670. The zero-order valence-electron chi connectivity index (χ0n) is 16.1. The minimum absolute atomic E-state index is 0. The number of anilines is 1. The summed E-state index contributed by atoms with van der Waals surface area (Å²) in [4.78, 5) is 22.2. The Bertz CT molecular complexity index is 578. The highest BCUT2D eigenvalue weighted by atomic mass is 35.5. The second-order valence-corrected chi connectivity index (χ2v) is 7.67. The van der Waals surface area contributed by atoms with Crippen LogP contribution >= 0.6 is 36.3 Å². The first-order chi connectivity index (χ1) is 12.2. The van der Waals surface area contributed by atoms with Crippen LogP contribution in [0.5, 0.6) is 0 Å². The molecule has 1 N–H and O–H groups in total. The van der Waals surface area contributed by atoms with Gasteiger partial charge in [0.1, 0.15) is 5.82 Å². The lowest BCUT2D eigenvalue weighted by atomic mass is 9.78. The molecule has 3 rings (SSSR count). The van der Waals surface area contributed by atoms with Crippen molar-refractivity contribution in [2.24, 2.45) is 5.41 Å². The molecule has 2 fully saturated rings. The van der Waals surface area contributed by atoms with Crippen molar-refractivity contribution >= 4 is 47.4 Å². The van der Waals surface area contributed by atoms with Gasteiger partial charge < -0.3 is 19.9 Å². The number of halogens is 2. The van der Waals surface area contributed by atoms with Gasteiger partial charge in [-0.3, -0.25) is 4.79 Å². The van der Waals surface area contributed by atoms with E-state index in [0.717, 1.165) is 75.9 Å². The number of aromatic nitrogens is 2. The van der Waals surface area contributed by atoms with E-state index in [2.05, 4.69) is 26.5 Å². The van der Waals surface area contributed by atoms with Crippen molar-refractivity contribution in [1.29, 1.82) is 0 Å². The second-order valence-electron chi connectivity index (χ2n) is 6.94. The van der Waals surface area contributed by atoms with Gasteiger partial charge >= 0.3 is 0 Å². The Morgan fingerprint density at radius 1 is 1.22 bits per heavy atom. The van der Waals surface area contributed by atoms with E-state index in [1.807, 2.05) is 4.90 Å². The fourth-order valence-corrected chi connectivity index (χ4v) is 4.57. The molecule has 2 aliphatic rings. The van der Waals surface area contributed by atoms with Crippen LogP contribution in [0.1, 0.15) is 32.0 Å². The van der Waals surface area contributed by atoms with Gasteiger partial charge in [-0.1, -0.05) is 6.92 Å². The quantitative estimate of drug-likeness (QED) is 0.756. The van der Waals surface area contributed by atoms with Crippen molar-refractivity contribution in [1.82, 2.24) is 19.6 Å². The molecule has 3 heterocycles. The Labute approximate surface area is 178 Å². The van der Waals surface area contributed by atoms with Gasteiger partial charge in [-0.15, -0.1) is 24.8 Å². The average molecular weight is 440 g/mol. The van der Waals surface area contributed by atoms with Crippen molar-refractivity contribution in [3.05, 3.63) is 5.82 Å². The minimum atomic E-state index is -0.354. The molecule has 0 saturated carbocycles. The van der Waals surface area contributed by atoms with Gasteiger partial charge in [0, 0.05) is 51.2 Å². The molecule has 0 radical (unpaired) electrons. The van der Waals surface area contributed by atoms with Gasteiger partial charge in [-0.2, -0.15) is 4.37 Å². The van der Waals surface area contributed by atoms with Crippen LogP contribution in [0, 0.1) is 5.41 Å². The Kier molecular flexibility index (Phi) is 10.3. The third kappa shape index (κ3) is 5.67. The summed E-state index contributed by atoms with van der Waals surface area (Å²) in [5, 5.41) is 4.34. The summed E-state index contributed by atoms with van der Waals surface area (Å²) in [6.45, 7) is 7.69. The van der Waals surface area contributed by atoms with Crippen molar-refractivity contribution in [3.8, 4) is 0 Å². The smallest absolute Gasteiger partial charge is 0.231 e. The normalized spacial score (nSPS) is 19.6. The summed E-state index contributed by atoms with van der Waals surface area (Å²) in [5.41, 5.74) is -0.354. The lowest BCUT2D eigenvalue weighted by Crippen LogP contribution is -2.52. The summed E-state index contributed by atoms with van der Waals surface area (Å²) in [6, 6.07) is 0. The molecule has 27 heavy (non-hydrogen) atoms. The van der Waals surface area contributed by atoms with E-state index >= 15 is 0 Å². The van der Waals surface area contributed by atoms with Crippen molar-refractivity contribution in [2.75, 3.05) is 57.9 Å². The van der Waals surface area contributed by atoms with E-state index in [1.165, 1.54) is 11.5 Å². The zero-order valence-corrected chi connectivity index (χ0v) is 18.6. The molecule has 1 aromatic heterocycles. The number of hydrogen-bond donors (Lipinski definition) is 1. The SMILES string of the molecule is CCc1nsc(N2CCCN(C(=O)C3(COC)CCNCC3)CC2)n1.Cl.Cl. The van der Waals surface area contributed by atoms with Crippen LogP contribution in [0.15, 0.2) is 0 Å². The molecule has 0 aromatic carbocycles. The maximum Gasteiger partial charge on any atom is 0.231 e. The van der Waals surface area contributed by atoms with E-state index < -0.39 is 0 Å². The Morgan fingerprint density at radius 2 is 1.96 bits per heavy atom. The van der Waals surface area contributed by atoms with Gasteiger partial charge in [-0.05, 0) is 32.4 Å². The lowest BCUT2D eigenvalue weighted by molar-refractivity contribution is -0.147. The summed E-state index contributed by atoms with van der Waals surface area (Å²) in [7, 11) is 1.70. The molecule has 0 bridgehead atoms. The average Bonchev–Trinajstić information content (AvgIpc) is 2.99. The molecular formula is C17H31Cl2N5O2S. The number of ether oxygens (including phenoxy) is 1. The van der Waals surface area contributed by atoms with Gasteiger partial charge in [0.15, 0.2) is 0 Å². The van der Waals surface area contributed by atoms with Crippen molar-refractivity contribution in [3.63, 3.8) is 0 Å². The number of methoxy groups -OCH3 is 1. The number of piperidine rings is 1. The number of carbonyl (C=O) groups is 1. The molecule has 0 atom stereocenters. The Morgan fingerprint density at radius 3 is 2.59 bits per heavy atom. The summed E-state index contributed by atoms with van der Waals surface area (Å²) < 4.78 is 9.82. The maximum atomic E-state index is 13.3. The molecule has 2 saturated heterocycles. The fraction of sp³-hybridized carbons (Fsp3) is 0.824. The Balaban J connectivity index is 0.00000182. The monoisotopic (exact) mass is 439 g/mol. The molecule has 0 aliphatic carbocycles. The van der Waals surface area contributed by atoms with Gasteiger partial charge in [0.2, 0.25) is 11.0 Å². The topological polar surface area (TPSA) is 70.6 Å². The van der Waals surface area contributed by atoms with Crippen LogP contribution in [-0.4, -0.2) is 73.1 Å². The number of carbonyl (C=O) groups excluding carboxylic acids is 1. The fourth-order valence-electron chi connectivity index (χ4n) is 3.77. The molecule has 156 valence electrons. The first-order valence-corrected chi connectivity index (χ1v) is 10.0. The van der Waals surface area contributed by atoms with E-state index in [1.54, 1.807) is 7.11 Å². The molecule has 7 nitrogen and oxygen atoms in total. The van der Waals surface area contributed by atoms with Crippen LogP contribution in [0.25, 0.3) is 0 Å². The predicted octanol–water partition coefficient (Wildman–Crippen LogP) is 2.00. The van der Waals surface area contributed by atoms with Crippen LogP contribution in [0.2, 0.25) is 0 Å². The lowest BCUT2D eigenvalue weighted by Gasteiger charge is -2.39. The van der Waals surface area contributed by atoms with Crippen LogP contribution in [0.4, 0.5) is 5.13 Å². The van der Waals surface area contributed by atoms with Crippen molar-refractivity contribution < 1.29 is 9.53 Å². The van der Waals surface area contributed by atoms with Gasteiger partial charge in [0.05, 0.1) is 12.0 Å². The van der Waals surface area contributed by atoms with E-state index in [4.69, 9.17) is 4.74 Å². The first kappa shape index (κ1) is 24.4. The number of amides is 1. The number of rotatable bonds is 5. The number of aryl methyl sites for hydroxylation is 1. The molecule has 0 unspecified atom stereocenters. The zero-order chi connectivity index (χ0) is 17.7. The molecule has 1 amide bonds. The molecule has 10 heteroatoms. The van der Waals surface area contributed by atoms with E-state index in [9.17, 15) is 4.79 Å². The molecule has 0 spiro atoms. The van der Waals surface area contributed by atoms with E-state index in [0.29, 0.717) is 6.61 Å². The number of nitrogens with one attached hydrogen (secondary N) is 1. The van der Waals surface area contributed by atoms with E-state index in [-0.39, 0.29) is 36.1 Å². The number of nitrogens with zero attached hydrogens (tertiary/aromatic N) is 4. The third-order valence-electron chi connectivity index (χ3n) is 5.26. The van der Waals surface area contributed by atoms with Crippen LogP contribution < -0.4 is 10.2 Å². The maximum absolute atomic E-state index is 13.3.